The number of carboxylic acid groups (broad SMARTS) is 1. The highest BCUT2D eigenvalue weighted by Gasteiger charge is 2.23. The number of hydrogen-bond acceptors (Lipinski definition) is 4. The van der Waals surface area contributed by atoms with Crippen LogP contribution in [0.25, 0.3) is 33.4 Å². The van der Waals surface area contributed by atoms with Gasteiger partial charge in [-0.3, -0.25) is 4.79 Å². The van der Waals surface area contributed by atoms with Crippen LogP contribution in [0.1, 0.15) is 10.4 Å². The second-order valence-corrected chi connectivity index (χ2v) is 8.93. The lowest BCUT2D eigenvalue weighted by Gasteiger charge is -2.19. The number of rotatable bonds is 5. The van der Waals surface area contributed by atoms with E-state index in [1.54, 1.807) is 12.1 Å². The molecule has 0 fully saturated rings. The number of hydrogen-bond donors (Lipinski definition) is 2. The molecular weight excluding hydrogens is 498 g/mol. The van der Waals surface area contributed by atoms with E-state index in [-0.39, 0.29) is 16.8 Å². The van der Waals surface area contributed by atoms with Crippen molar-refractivity contribution >= 4 is 50.2 Å². The molecule has 1 heterocycles. The van der Waals surface area contributed by atoms with Crippen LogP contribution < -0.4 is 20.1 Å². The maximum absolute atomic E-state index is 12.2. The highest BCUT2D eigenvalue weighted by molar-refractivity contribution is 9.09. The van der Waals surface area contributed by atoms with E-state index in [2.05, 4.69) is 21.2 Å². The van der Waals surface area contributed by atoms with Crippen molar-refractivity contribution in [1.29, 1.82) is 0 Å². The molecule has 2 aliphatic rings. The number of carbonyl (C=O) groups is 2. The summed E-state index contributed by atoms with van der Waals surface area (Å²) in [6.07, 6.45) is 0. The Bertz CT molecular complexity index is 1470. The minimum atomic E-state index is -1.05. The van der Waals surface area contributed by atoms with Gasteiger partial charge in [0.05, 0.1) is 17.0 Å². The Morgan fingerprint density at radius 2 is 1.79 bits per heavy atom. The second kappa shape index (κ2) is 9.30. The van der Waals surface area contributed by atoms with Crippen LogP contribution in [0.4, 0.5) is 11.4 Å². The average molecular weight is 523 g/mol. The molecule has 1 amide bonds. The highest BCUT2D eigenvalue weighted by atomic mass is 79.9. The number of nitrogens with one attached hydrogen (secondary N) is 1. The fourth-order valence-electron chi connectivity index (χ4n) is 3.92. The standard InChI is InChI=1S/C26H24BrN3O4/c1-29(2)16-6-9-19-22(12-16)34-23-13-17(30(3)4)7-10-20(23)25(19)21-11-15(28-24(31)14-27)5-8-18(21)26(32)33/h5-13H,14H2,1-4H3,(H-,28,31,32,33)/p+1. The molecule has 8 heteroatoms. The second-order valence-electron chi connectivity index (χ2n) is 8.37. The van der Waals surface area contributed by atoms with Crippen LogP contribution in [0.3, 0.4) is 0 Å². The summed E-state index contributed by atoms with van der Waals surface area (Å²) in [7, 11) is 7.80. The van der Waals surface area contributed by atoms with E-state index in [1.807, 2.05) is 74.1 Å². The summed E-state index contributed by atoms with van der Waals surface area (Å²) in [5, 5.41) is 14.7. The number of nitrogens with zero attached hydrogens (tertiary/aromatic N) is 2. The zero-order valence-corrected chi connectivity index (χ0v) is 20.9. The van der Waals surface area contributed by atoms with Gasteiger partial charge in [0.15, 0.2) is 0 Å². The third kappa shape index (κ3) is 4.41. The number of carbonyl (C=O) groups excluding carboxylic acids is 1. The number of anilines is 2. The van der Waals surface area contributed by atoms with E-state index in [0.29, 0.717) is 22.6 Å². The Morgan fingerprint density at radius 3 is 2.44 bits per heavy atom. The van der Waals surface area contributed by atoms with Gasteiger partial charge >= 0.3 is 5.97 Å². The van der Waals surface area contributed by atoms with E-state index in [0.717, 1.165) is 27.6 Å². The monoisotopic (exact) mass is 522 g/mol. The van der Waals surface area contributed by atoms with Gasteiger partial charge < -0.3 is 19.7 Å². The number of alkyl halides is 1. The van der Waals surface area contributed by atoms with Gasteiger partial charge in [-0.05, 0) is 42.0 Å². The van der Waals surface area contributed by atoms with Crippen molar-refractivity contribution in [2.24, 2.45) is 0 Å². The van der Waals surface area contributed by atoms with E-state index in [1.165, 1.54) is 6.07 Å². The number of halogens is 1. The molecule has 0 atom stereocenters. The Morgan fingerprint density at radius 1 is 1.03 bits per heavy atom. The predicted octanol–water partition coefficient (Wildman–Crippen LogP) is 4.33. The molecular formula is C26H25BrN3O4+. The fourth-order valence-corrected chi connectivity index (χ4v) is 4.06. The molecule has 0 saturated heterocycles. The summed E-state index contributed by atoms with van der Waals surface area (Å²) in [4.78, 5) is 26.2. The Balaban J connectivity index is 2.13. The van der Waals surface area contributed by atoms with Crippen molar-refractivity contribution in [2.45, 2.75) is 0 Å². The molecule has 2 aromatic rings. The lowest BCUT2D eigenvalue weighted by Crippen LogP contribution is -2.21. The summed E-state index contributed by atoms with van der Waals surface area (Å²) < 4.78 is 8.31. The van der Waals surface area contributed by atoms with Gasteiger partial charge in [0, 0.05) is 54.1 Å². The molecule has 2 aromatic carbocycles. The molecule has 174 valence electrons. The first-order valence-electron chi connectivity index (χ1n) is 10.6. The number of fused-ring (bicyclic) bond motifs is 2. The van der Waals surface area contributed by atoms with E-state index >= 15 is 0 Å². The Labute approximate surface area is 205 Å². The van der Waals surface area contributed by atoms with Crippen molar-refractivity contribution < 1.29 is 19.1 Å². The van der Waals surface area contributed by atoms with Gasteiger partial charge in [0.1, 0.15) is 25.4 Å². The lowest BCUT2D eigenvalue weighted by molar-refractivity contribution is -0.113. The average Bonchev–Trinajstić information content (AvgIpc) is 2.81. The zero-order chi connectivity index (χ0) is 24.6. The molecule has 0 saturated carbocycles. The smallest absolute Gasteiger partial charge is 0.336 e. The molecule has 34 heavy (non-hydrogen) atoms. The predicted molar refractivity (Wildman–Crippen MR) is 139 cm³/mol. The fraction of sp³-hybridized carbons (Fsp3) is 0.192. The van der Waals surface area contributed by atoms with Crippen molar-refractivity contribution in [2.75, 3.05) is 43.7 Å². The maximum atomic E-state index is 12.2. The summed E-state index contributed by atoms with van der Waals surface area (Å²) in [5.74, 6) is -0.640. The minimum Gasteiger partial charge on any atom is -0.478 e. The topological polar surface area (TPSA) is 85.8 Å². The largest absolute Gasteiger partial charge is 0.478 e. The van der Waals surface area contributed by atoms with Crippen molar-refractivity contribution in [3.05, 3.63) is 65.5 Å². The van der Waals surface area contributed by atoms with Gasteiger partial charge in [0.25, 0.3) is 0 Å². The molecule has 2 N–H and O–H groups in total. The van der Waals surface area contributed by atoms with Crippen molar-refractivity contribution in [1.82, 2.24) is 4.58 Å². The number of amides is 1. The normalized spacial score (nSPS) is 11.0. The first-order valence-corrected chi connectivity index (χ1v) is 11.7. The molecule has 0 spiro atoms. The molecule has 1 aliphatic carbocycles. The van der Waals surface area contributed by atoms with Crippen LogP contribution in [0.2, 0.25) is 0 Å². The molecule has 0 unspecified atom stereocenters. The highest BCUT2D eigenvalue weighted by Crippen LogP contribution is 2.42. The quantitative estimate of drug-likeness (QED) is 0.231. The molecule has 0 radical (unpaired) electrons. The number of aromatic carboxylic acids is 1. The van der Waals surface area contributed by atoms with Gasteiger partial charge in [0.2, 0.25) is 11.3 Å². The van der Waals surface area contributed by atoms with Crippen molar-refractivity contribution in [3.8, 4) is 22.5 Å². The number of benzene rings is 3. The molecule has 4 rings (SSSR count). The zero-order valence-electron chi connectivity index (χ0n) is 19.3. The van der Waals surface area contributed by atoms with E-state index in [4.69, 9.17) is 4.42 Å². The van der Waals surface area contributed by atoms with Crippen molar-refractivity contribution in [3.63, 3.8) is 0 Å². The Kier molecular flexibility index (Phi) is 6.43. The molecule has 0 aromatic heterocycles. The van der Waals surface area contributed by atoms with E-state index < -0.39 is 5.97 Å². The number of carboxylic acids is 1. The summed E-state index contributed by atoms with van der Waals surface area (Å²) >= 11 is 3.15. The van der Waals surface area contributed by atoms with Crippen LogP contribution in [-0.4, -0.2) is 50.5 Å². The third-order valence-electron chi connectivity index (χ3n) is 5.65. The molecule has 1 aliphatic heterocycles. The first-order chi connectivity index (χ1) is 16.2. The van der Waals surface area contributed by atoms with Crippen LogP contribution in [-0.2, 0) is 4.79 Å². The summed E-state index contributed by atoms with van der Waals surface area (Å²) in [6, 6.07) is 16.5. The van der Waals surface area contributed by atoms with Gasteiger partial charge in [-0.2, -0.15) is 0 Å². The van der Waals surface area contributed by atoms with Gasteiger partial charge in [-0.1, -0.05) is 15.9 Å². The van der Waals surface area contributed by atoms with Crippen LogP contribution in [0, 0.1) is 0 Å². The van der Waals surface area contributed by atoms with Gasteiger partial charge in [-0.25, -0.2) is 9.37 Å². The van der Waals surface area contributed by atoms with Crippen LogP contribution in [0.15, 0.2) is 59.0 Å². The Hall–Kier alpha value is -3.65. The maximum Gasteiger partial charge on any atom is 0.336 e. The molecule has 0 bridgehead atoms. The molecule has 7 nitrogen and oxygen atoms in total. The lowest BCUT2D eigenvalue weighted by atomic mass is 9.90. The first kappa shape index (κ1) is 23.5. The SMILES string of the molecule is CN(C)c1ccc2c(-c3cc(NC(=O)CBr)ccc3C(=O)O)c3ccc(=[N+](C)C)cc-3oc2c1. The summed E-state index contributed by atoms with van der Waals surface area (Å²) in [6.45, 7) is 0. The van der Waals surface area contributed by atoms with E-state index in [9.17, 15) is 14.7 Å². The van der Waals surface area contributed by atoms with Crippen LogP contribution >= 0.6 is 15.9 Å². The van der Waals surface area contributed by atoms with Gasteiger partial charge in [-0.15, -0.1) is 0 Å². The van der Waals surface area contributed by atoms with Crippen LogP contribution in [0.5, 0.6) is 0 Å². The summed E-state index contributed by atoms with van der Waals surface area (Å²) in [5.41, 5.74) is 4.26. The third-order valence-corrected chi connectivity index (χ3v) is 6.16. The minimum absolute atomic E-state index is 0.138.